The Morgan fingerprint density at radius 1 is 0.903 bits per heavy atom. The highest BCUT2D eigenvalue weighted by molar-refractivity contribution is 7.98. The Morgan fingerprint density at radius 2 is 1.65 bits per heavy atom. The van der Waals surface area contributed by atoms with Gasteiger partial charge in [-0.25, -0.2) is 4.98 Å². The lowest BCUT2D eigenvalue weighted by molar-refractivity contribution is 0.0846. The second kappa shape index (κ2) is 9.06. The molecule has 3 aromatic carbocycles. The van der Waals surface area contributed by atoms with E-state index in [0.29, 0.717) is 11.1 Å². The third-order valence-corrected chi connectivity index (χ3v) is 6.04. The first-order chi connectivity index (χ1) is 15.0. The van der Waals surface area contributed by atoms with Gasteiger partial charge in [-0.05, 0) is 60.9 Å². The molecule has 0 saturated heterocycles. The highest BCUT2D eigenvalue weighted by Gasteiger charge is 2.12. The molecule has 0 bridgehead atoms. The largest absolute Gasteiger partial charge is 0.333 e. The zero-order chi connectivity index (χ0) is 21.8. The van der Waals surface area contributed by atoms with Crippen LogP contribution in [0.1, 0.15) is 37.4 Å². The van der Waals surface area contributed by atoms with Gasteiger partial charge in [0.1, 0.15) is 0 Å². The summed E-state index contributed by atoms with van der Waals surface area (Å²) in [7, 11) is 0. The average Bonchev–Trinajstić information content (AvgIpc) is 3.21. The molecule has 4 aromatic rings. The molecule has 31 heavy (non-hydrogen) atoms. The summed E-state index contributed by atoms with van der Waals surface area (Å²) in [5, 5.41) is 0.858. The van der Waals surface area contributed by atoms with Crippen molar-refractivity contribution in [1.29, 1.82) is 0 Å². The third kappa shape index (κ3) is 4.78. The first-order valence-electron chi connectivity index (χ1n) is 9.84. The number of carbonyl (C=O) groups is 2. The highest BCUT2D eigenvalue weighted by atomic mass is 32.2. The molecule has 6 nitrogen and oxygen atoms in total. The number of hydrogen-bond donors (Lipinski definition) is 3. The molecule has 0 spiro atoms. The molecule has 1 heterocycles. The Balaban J connectivity index is 1.32. The molecule has 2 amide bonds. The predicted octanol–water partition coefficient (Wildman–Crippen LogP) is 4.55. The summed E-state index contributed by atoms with van der Waals surface area (Å²) in [4.78, 5) is 32.6. The van der Waals surface area contributed by atoms with E-state index < -0.39 is 0 Å². The van der Waals surface area contributed by atoms with Crippen LogP contribution in [0.4, 0.5) is 0 Å². The Hall–Kier alpha value is -3.58. The van der Waals surface area contributed by atoms with Gasteiger partial charge in [-0.2, -0.15) is 0 Å². The topological polar surface area (TPSA) is 86.9 Å². The number of benzene rings is 3. The number of rotatable bonds is 5. The van der Waals surface area contributed by atoms with Gasteiger partial charge in [0, 0.05) is 16.9 Å². The van der Waals surface area contributed by atoms with Crippen molar-refractivity contribution < 1.29 is 9.59 Å². The van der Waals surface area contributed by atoms with E-state index in [-0.39, 0.29) is 11.8 Å². The molecular weight excluding hydrogens is 408 g/mol. The van der Waals surface area contributed by atoms with Crippen molar-refractivity contribution in [2.45, 2.75) is 24.8 Å². The van der Waals surface area contributed by atoms with Gasteiger partial charge in [-0.1, -0.05) is 48.2 Å². The monoisotopic (exact) mass is 430 g/mol. The van der Waals surface area contributed by atoms with Crippen molar-refractivity contribution in [2.75, 3.05) is 0 Å². The zero-order valence-electron chi connectivity index (χ0n) is 17.2. The van der Waals surface area contributed by atoms with E-state index in [4.69, 9.17) is 0 Å². The van der Waals surface area contributed by atoms with Crippen molar-refractivity contribution in [3.05, 3.63) is 94.5 Å². The van der Waals surface area contributed by atoms with E-state index in [1.165, 1.54) is 0 Å². The minimum atomic E-state index is -0.366. The molecule has 0 unspecified atom stereocenters. The van der Waals surface area contributed by atoms with Gasteiger partial charge in [0.15, 0.2) is 5.16 Å². The summed E-state index contributed by atoms with van der Waals surface area (Å²) in [6.07, 6.45) is 0. The zero-order valence-corrected chi connectivity index (χ0v) is 18.0. The van der Waals surface area contributed by atoms with Crippen molar-refractivity contribution in [3.63, 3.8) is 0 Å². The first kappa shape index (κ1) is 20.7. The van der Waals surface area contributed by atoms with Crippen LogP contribution in [0.25, 0.3) is 11.0 Å². The van der Waals surface area contributed by atoms with Gasteiger partial charge >= 0.3 is 0 Å². The molecule has 0 aliphatic rings. The lowest BCUT2D eigenvalue weighted by Gasteiger charge is -2.11. The normalized spacial score (nSPS) is 10.8. The molecule has 7 heteroatoms. The van der Waals surface area contributed by atoms with Gasteiger partial charge < -0.3 is 4.98 Å². The number of hydrogen-bond acceptors (Lipinski definition) is 4. The number of amides is 2. The minimum absolute atomic E-state index is 0.339. The number of fused-ring (bicyclic) bond motifs is 1. The molecular formula is C24H22N4O2S. The van der Waals surface area contributed by atoms with Gasteiger partial charge in [0.25, 0.3) is 11.8 Å². The van der Waals surface area contributed by atoms with Crippen LogP contribution in [0.15, 0.2) is 71.9 Å². The maximum absolute atomic E-state index is 12.4. The van der Waals surface area contributed by atoms with Gasteiger partial charge in [0.05, 0.1) is 11.0 Å². The molecule has 1 aromatic heterocycles. The fourth-order valence-corrected chi connectivity index (χ4v) is 3.99. The minimum Gasteiger partial charge on any atom is -0.333 e. The Bertz CT molecular complexity index is 1220. The van der Waals surface area contributed by atoms with E-state index in [2.05, 4.69) is 20.8 Å². The van der Waals surface area contributed by atoms with Crippen molar-refractivity contribution >= 4 is 34.6 Å². The maximum Gasteiger partial charge on any atom is 0.269 e. The predicted molar refractivity (Wildman–Crippen MR) is 123 cm³/mol. The van der Waals surface area contributed by atoms with Crippen LogP contribution < -0.4 is 10.9 Å². The van der Waals surface area contributed by atoms with E-state index in [1.54, 1.807) is 30.0 Å². The Labute approximate surface area is 184 Å². The van der Waals surface area contributed by atoms with Crippen LogP contribution in [0.3, 0.4) is 0 Å². The molecule has 4 rings (SSSR count). The SMILES string of the molecule is Cc1cccc(C(=O)NNC(=O)c2ccc(CSc3nc4ccccc4[nH]3)cc2)c1C. The van der Waals surface area contributed by atoms with Crippen molar-refractivity contribution in [2.24, 2.45) is 0 Å². The summed E-state index contributed by atoms with van der Waals surface area (Å²) >= 11 is 1.60. The number of imidazole rings is 1. The smallest absolute Gasteiger partial charge is 0.269 e. The molecule has 0 aliphatic carbocycles. The molecule has 0 aliphatic heterocycles. The van der Waals surface area contributed by atoms with Crippen LogP contribution in [0, 0.1) is 13.8 Å². The quantitative estimate of drug-likeness (QED) is 0.320. The number of carbonyl (C=O) groups excluding carboxylic acids is 2. The summed E-state index contributed by atoms with van der Waals surface area (Å²) in [5.74, 6) is 0.0222. The molecule has 0 fully saturated rings. The molecule has 3 N–H and O–H groups in total. The van der Waals surface area contributed by atoms with Crippen LogP contribution >= 0.6 is 11.8 Å². The average molecular weight is 431 g/mol. The van der Waals surface area contributed by atoms with Gasteiger partial charge in [0.2, 0.25) is 0 Å². The number of aromatic nitrogens is 2. The Morgan fingerprint density at radius 3 is 2.42 bits per heavy atom. The van der Waals surface area contributed by atoms with E-state index in [1.807, 2.05) is 62.4 Å². The summed E-state index contributed by atoms with van der Waals surface area (Å²) in [5.41, 5.74) is 10.9. The van der Waals surface area contributed by atoms with Crippen LogP contribution in [0.2, 0.25) is 0 Å². The fraction of sp³-hybridized carbons (Fsp3) is 0.125. The standard InChI is InChI=1S/C24H22N4O2S/c1-15-6-5-7-19(16(15)2)23(30)28-27-22(29)18-12-10-17(11-13-18)14-31-24-25-20-8-3-4-9-21(20)26-24/h3-13H,14H2,1-2H3,(H,25,26)(H,27,29)(H,28,30). The van der Waals surface area contributed by atoms with E-state index >= 15 is 0 Å². The van der Waals surface area contributed by atoms with Gasteiger partial charge in [-0.15, -0.1) is 0 Å². The molecule has 0 atom stereocenters. The second-order valence-electron chi connectivity index (χ2n) is 7.20. The number of H-pyrrole nitrogens is 1. The highest BCUT2D eigenvalue weighted by Crippen LogP contribution is 2.23. The number of nitrogens with one attached hydrogen (secondary N) is 3. The van der Waals surface area contributed by atoms with E-state index in [0.717, 1.165) is 38.6 Å². The molecule has 156 valence electrons. The van der Waals surface area contributed by atoms with Crippen LogP contribution in [-0.2, 0) is 5.75 Å². The second-order valence-corrected chi connectivity index (χ2v) is 8.16. The van der Waals surface area contributed by atoms with Crippen molar-refractivity contribution in [3.8, 4) is 0 Å². The molecule has 0 radical (unpaired) electrons. The number of nitrogens with zero attached hydrogens (tertiary/aromatic N) is 1. The van der Waals surface area contributed by atoms with Gasteiger partial charge in [-0.3, -0.25) is 20.4 Å². The summed E-state index contributed by atoms with van der Waals surface area (Å²) in [6, 6.07) is 20.7. The van der Waals surface area contributed by atoms with Crippen molar-refractivity contribution in [1.82, 2.24) is 20.8 Å². The number of aryl methyl sites for hydroxylation is 1. The summed E-state index contributed by atoms with van der Waals surface area (Å²) < 4.78 is 0. The maximum atomic E-state index is 12.4. The number of thioether (sulfide) groups is 1. The lowest BCUT2D eigenvalue weighted by Crippen LogP contribution is -2.41. The summed E-state index contributed by atoms with van der Waals surface area (Å²) in [6.45, 7) is 3.83. The molecule has 0 saturated carbocycles. The first-order valence-corrected chi connectivity index (χ1v) is 10.8. The number of para-hydroxylation sites is 2. The van der Waals surface area contributed by atoms with Crippen LogP contribution in [0.5, 0.6) is 0 Å². The Kier molecular flexibility index (Phi) is 6.04. The van der Waals surface area contributed by atoms with E-state index in [9.17, 15) is 9.59 Å². The third-order valence-electron chi connectivity index (χ3n) is 5.10. The fourth-order valence-electron chi connectivity index (χ4n) is 3.15. The number of aromatic amines is 1. The number of hydrazine groups is 1. The van der Waals surface area contributed by atoms with Crippen LogP contribution in [-0.4, -0.2) is 21.8 Å². The lowest BCUT2D eigenvalue weighted by atomic mass is 10.0.